The summed E-state index contributed by atoms with van der Waals surface area (Å²) in [7, 11) is 0. The van der Waals surface area contributed by atoms with Crippen molar-refractivity contribution in [2.45, 2.75) is 53.4 Å². The number of allylic oxidation sites excluding steroid dienone is 1. The maximum Gasteiger partial charge on any atom is 0.191 e. The molecule has 0 aliphatic rings. The van der Waals surface area contributed by atoms with Crippen molar-refractivity contribution in [3.05, 3.63) is 47.7 Å². The standard InChI is InChI=1S/C20H32NO/c1-5-14-21(15-6-2,16-7-3)17-13-20(22)19-11-9-18(8-4)10-12-19/h9-13,17H,5-8,14-16H2,1-4H3/q+1. The highest BCUT2D eigenvalue weighted by atomic mass is 16.1. The number of rotatable bonds is 10. The first-order chi connectivity index (χ1) is 10.6. The third-order valence-electron chi connectivity index (χ3n) is 4.20. The molecule has 0 fully saturated rings. The summed E-state index contributed by atoms with van der Waals surface area (Å²) in [6, 6.07) is 7.99. The molecule has 0 saturated carbocycles. The van der Waals surface area contributed by atoms with Crippen LogP contribution in [-0.2, 0) is 6.42 Å². The molecule has 0 N–H and O–H groups in total. The summed E-state index contributed by atoms with van der Waals surface area (Å²) in [4.78, 5) is 12.4. The third-order valence-corrected chi connectivity index (χ3v) is 4.20. The van der Waals surface area contributed by atoms with Crippen molar-refractivity contribution in [2.24, 2.45) is 0 Å². The molecule has 0 radical (unpaired) electrons. The number of hydrogen-bond donors (Lipinski definition) is 0. The Kier molecular flexibility index (Phi) is 8.11. The first kappa shape index (κ1) is 18.6. The zero-order valence-electron chi connectivity index (χ0n) is 14.8. The van der Waals surface area contributed by atoms with Gasteiger partial charge in [-0.15, -0.1) is 0 Å². The van der Waals surface area contributed by atoms with Crippen LogP contribution in [0.4, 0.5) is 0 Å². The van der Waals surface area contributed by atoms with Crippen molar-refractivity contribution >= 4 is 5.78 Å². The van der Waals surface area contributed by atoms with E-state index in [1.165, 1.54) is 5.56 Å². The van der Waals surface area contributed by atoms with E-state index in [2.05, 4.69) is 33.9 Å². The lowest BCUT2D eigenvalue weighted by molar-refractivity contribution is -0.879. The van der Waals surface area contributed by atoms with Crippen molar-refractivity contribution in [3.63, 3.8) is 0 Å². The van der Waals surface area contributed by atoms with E-state index in [-0.39, 0.29) is 5.78 Å². The Morgan fingerprint density at radius 1 is 0.909 bits per heavy atom. The Hall–Kier alpha value is -1.41. The van der Waals surface area contributed by atoms with Gasteiger partial charge in [-0.3, -0.25) is 9.28 Å². The summed E-state index contributed by atoms with van der Waals surface area (Å²) in [5.41, 5.74) is 2.06. The molecule has 0 heterocycles. The topological polar surface area (TPSA) is 17.1 Å². The summed E-state index contributed by atoms with van der Waals surface area (Å²) in [5, 5.41) is 0. The first-order valence-electron chi connectivity index (χ1n) is 8.79. The largest absolute Gasteiger partial charge is 0.297 e. The van der Waals surface area contributed by atoms with Crippen LogP contribution in [0.1, 0.15) is 62.9 Å². The van der Waals surface area contributed by atoms with Gasteiger partial charge in [-0.2, -0.15) is 0 Å². The lowest BCUT2D eigenvalue weighted by Gasteiger charge is -2.34. The molecule has 1 rings (SSSR count). The monoisotopic (exact) mass is 302 g/mol. The van der Waals surface area contributed by atoms with E-state index in [4.69, 9.17) is 0 Å². The SMILES string of the molecule is CCC[N+](C=CC(=O)c1ccc(CC)cc1)(CCC)CCC. The predicted octanol–water partition coefficient (Wildman–Crippen LogP) is 4.99. The van der Waals surface area contributed by atoms with Crippen LogP contribution in [-0.4, -0.2) is 29.9 Å². The fourth-order valence-corrected chi connectivity index (χ4v) is 3.12. The van der Waals surface area contributed by atoms with Gasteiger partial charge >= 0.3 is 0 Å². The van der Waals surface area contributed by atoms with Gasteiger partial charge in [0.25, 0.3) is 0 Å². The normalized spacial score (nSPS) is 12.0. The average Bonchev–Trinajstić information content (AvgIpc) is 2.53. The lowest BCUT2D eigenvalue weighted by atomic mass is 10.1. The molecule has 0 aromatic heterocycles. The molecule has 1 aromatic rings. The van der Waals surface area contributed by atoms with Gasteiger partial charge < -0.3 is 0 Å². The van der Waals surface area contributed by atoms with E-state index in [9.17, 15) is 4.79 Å². The molecule has 2 nitrogen and oxygen atoms in total. The summed E-state index contributed by atoms with van der Waals surface area (Å²) in [6.07, 6.45) is 8.37. The molecule has 0 aliphatic carbocycles. The number of benzene rings is 1. The van der Waals surface area contributed by atoms with Crippen molar-refractivity contribution in [2.75, 3.05) is 19.6 Å². The molecular weight excluding hydrogens is 270 g/mol. The maximum atomic E-state index is 12.4. The molecule has 0 aliphatic heterocycles. The molecule has 0 unspecified atom stereocenters. The summed E-state index contributed by atoms with van der Waals surface area (Å²) in [5.74, 6) is 0.119. The first-order valence-corrected chi connectivity index (χ1v) is 8.79. The van der Waals surface area contributed by atoms with Crippen LogP contribution in [0.15, 0.2) is 36.5 Å². The van der Waals surface area contributed by atoms with Crippen LogP contribution in [0.3, 0.4) is 0 Å². The van der Waals surface area contributed by atoms with E-state index in [0.29, 0.717) is 0 Å². The number of aryl methyl sites for hydroxylation is 1. The second-order valence-electron chi connectivity index (χ2n) is 6.12. The molecule has 0 spiro atoms. The molecule has 0 bridgehead atoms. The molecule has 2 heteroatoms. The molecule has 0 amide bonds. The van der Waals surface area contributed by atoms with Gasteiger partial charge in [0, 0.05) is 11.6 Å². The fourth-order valence-electron chi connectivity index (χ4n) is 3.12. The van der Waals surface area contributed by atoms with Gasteiger partial charge in [0.05, 0.1) is 25.8 Å². The Labute approximate surface area is 136 Å². The third kappa shape index (κ3) is 5.42. The number of ketones is 1. The molecule has 0 atom stereocenters. The minimum absolute atomic E-state index is 0.119. The minimum atomic E-state index is 0.119. The highest BCUT2D eigenvalue weighted by Gasteiger charge is 2.22. The van der Waals surface area contributed by atoms with Crippen LogP contribution < -0.4 is 0 Å². The quantitative estimate of drug-likeness (QED) is 0.338. The van der Waals surface area contributed by atoms with Crippen LogP contribution >= 0.6 is 0 Å². The van der Waals surface area contributed by atoms with Crippen molar-refractivity contribution in [1.29, 1.82) is 0 Å². The van der Waals surface area contributed by atoms with Crippen LogP contribution in [0, 0.1) is 0 Å². The van der Waals surface area contributed by atoms with Crippen LogP contribution in [0.25, 0.3) is 0 Å². The molecular formula is C20H32NO+. The number of hydrogen-bond acceptors (Lipinski definition) is 1. The Balaban J connectivity index is 2.89. The van der Waals surface area contributed by atoms with Crippen molar-refractivity contribution in [1.82, 2.24) is 0 Å². The Morgan fingerprint density at radius 2 is 1.41 bits per heavy atom. The number of nitrogens with zero attached hydrogens (tertiary/aromatic N) is 1. The van der Waals surface area contributed by atoms with E-state index in [1.54, 1.807) is 6.08 Å². The lowest BCUT2D eigenvalue weighted by Crippen LogP contribution is -2.44. The second kappa shape index (κ2) is 9.58. The smallest absolute Gasteiger partial charge is 0.191 e. The zero-order chi connectivity index (χ0) is 16.4. The zero-order valence-corrected chi connectivity index (χ0v) is 14.8. The molecule has 122 valence electrons. The summed E-state index contributed by atoms with van der Waals surface area (Å²) in [6.45, 7) is 12.1. The van der Waals surface area contributed by atoms with Gasteiger partial charge in [0.15, 0.2) is 5.78 Å². The van der Waals surface area contributed by atoms with Gasteiger partial charge in [0.1, 0.15) is 0 Å². The number of carbonyl (C=O) groups excluding carboxylic acids is 1. The average molecular weight is 302 g/mol. The molecule has 1 aromatic carbocycles. The van der Waals surface area contributed by atoms with Gasteiger partial charge in [-0.1, -0.05) is 52.0 Å². The summed E-state index contributed by atoms with van der Waals surface area (Å²) >= 11 is 0. The number of carbonyl (C=O) groups is 1. The maximum absolute atomic E-state index is 12.4. The van der Waals surface area contributed by atoms with Crippen molar-refractivity contribution in [3.8, 4) is 0 Å². The Bertz CT molecular complexity index is 456. The highest BCUT2D eigenvalue weighted by molar-refractivity contribution is 6.04. The second-order valence-corrected chi connectivity index (χ2v) is 6.12. The molecule has 0 saturated heterocycles. The van der Waals surface area contributed by atoms with E-state index >= 15 is 0 Å². The highest BCUT2D eigenvalue weighted by Crippen LogP contribution is 2.14. The minimum Gasteiger partial charge on any atom is -0.297 e. The van der Waals surface area contributed by atoms with Crippen LogP contribution in [0.2, 0.25) is 0 Å². The van der Waals surface area contributed by atoms with Gasteiger partial charge in [-0.05, 0) is 31.2 Å². The molecule has 22 heavy (non-hydrogen) atoms. The summed E-state index contributed by atoms with van der Waals surface area (Å²) < 4.78 is 0.933. The predicted molar refractivity (Wildman–Crippen MR) is 95.0 cm³/mol. The van der Waals surface area contributed by atoms with Crippen molar-refractivity contribution < 1.29 is 9.28 Å². The van der Waals surface area contributed by atoms with Gasteiger partial charge in [0.2, 0.25) is 0 Å². The van der Waals surface area contributed by atoms with Crippen LogP contribution in [0.5, 0.6) is 0 Å². The van der Waals surface area contributed by atoms with E-state index < -0.39 is 0 Å². The van der Waals surface area contributed by atoms with Gasteiger partial charge in [-0.25, -0.2) is 0 Å². The Morgan fingerprint density at radius 3 is 1.82 bits per heavy atom. The van der Waals surface area contributed by atoms with E-state index in [1.807, 2.05) is 24.3 Å². The van der Waals surface area contributed by atoms with E-state index in [0.717, 1.165) is 55.4 Å². The fraction of sp³-hybridized carbons (Fsp3) is 0.550. The number of quaternary nitrogens is 1.